The first kappa shape index (κ1) is 33.7. The second-order valence-corrected chi connectivity index (χ2v) is 13.7. The van der Waals surface area contributed by atoms with E-state index in [1.165, 1.54) is 17.0 Å². The van der Waals surface area contributed by atoms with Crippen LogP contribution in [0.3, 0.4) is 0 Å². The van der Waals surface area contributed by atoms with Crippen LogP contribution in [0.5, 0.6) is 0 Å². The predicted molar refractivity (Wildman–Crippen MR) is 171 cm³/mol. The highest BCUT2D eigenvalue weighted by Crippen LogP contribution is 2.31. The molecule has 0 heterocycles. The van der Waals surface area contributed by atoms with Crippen LogP contribution in [-0.4, -0.2) is 44.3 Å². The lowest BCUT2D eigenvalue weighted by Gasteiger charge is -2.34. The summed E-state index contributed by atoms with van der Waals surface area (Å²) in [5.41, 5.74) is 2.20. The lowest BCUT2D eigenvalue weighted by molar-refractivity contribution is -0.140. The van der Waals surface area contributed by atoms with Crippen molar-refractivity contribution in [3.8, 4) is 0 Å². The average Bonchev–Trinajstić information content (AvgIpc) is 2.92. The fraction of sp³-hybridized carbons (Fsp3) is 0.355. The number of benzene rings is 3. The lowest BCUT2D eigenvalue weighted by Crippen LogP contribution is -2.52. The number of carbonyl (C=O) groups excluding carboxylic acids is 2. The Labute approximate surface area is 263 Å². The highest BCUT2D eigenvalue weighted by atomic mass is 35.5. The molecule has 7 nitrogen and oxygen atoms in total. The Bertz CT molecular complexity index is 1510. The van der Waals surface area contributed by atoms with Gasteiger partial charge in [0.15, 0.2) is 0 Å². The summed E-state index contributed by atoms with van der Waals surface area (Å²) in [6, 6.07) is 15.2. The molecule has 3 aromatic rings. The normalized spacial score (nSPS) is 12.2. The van der Waals surface area contributed by atoms with Crippen LogP contribution >= 0.6 is 34.8 Å². The topological polar surface area (TPSA) is 86.8 Å². The van der Waals surface area contributed by atoms with Gasteiger partial charge in [-0.15, -0.1) is 0 Å². The summed E-state index contributed by atoms with van der Waals surface area (Å²) >= 11 is 19.1. The third-order valence-corrected chi connectivity index (χ3v) is 9.49. The van der Waals surface area contributed by atoms with Crippen molar-refractivity contribution in [3.63, 3.8) is 0 Å². The molecule has 0 radical (unpaired) electrons. The molecule has 0 saturated heterocycles. The Balaban J connectivity index is 2.12. The van der Waals surface area contributed by atoms with E-state index in [2.05, 4.69) is 5.32 Å². The van der Waals surface area contributed by atoms with E-state index in [0.717, 1.165) is 9.87 Å². The Morgan fingerprint density at radius 2 is 1.55 bits per heavy atom. The SMILES string of the molecule is CC[C@@H](C(=O)NCC(C)C)N(Cc1c(Cl)cccc1Cl)C(=O)CN(c1ccc(Cl)cc1C)S(=O)(=O)c1ccc(C)cc1. The number of rotatable bonds is 12. The molecule has 0 fully saturated rings. The summed E-state index contributed by atoms with van der Waals surface area (Å²) in [4.78, 5) is 29.0. The van der Waals surface area contributed by atoms with Gasteiger partial charge >= 0.3 is 0 Å². The second kappa shape index (κ2) is 14.6. The maximum absolute atomic E-state index is 14.2. The number of amides is 2. The fourth-order valence-electron chi connectivity index (χ4n) is 4.45. The number of sulfonamides is 1. The van der Waals surface area contributed by atoms with Gasteiger partial charge in [-0.25, -0.2) is 8.42 Å². The summed E-state index contributed by atoms with van der Waals surface area (Å²) in [6.45, 7) is 9.05. The Morgan fingerprint density at radius 3 is 2.10 bits per heavy atom. The number of anilines is 1. The van der Waals surface area contributed by atoms with Crippen molar-refractivity contribution < 1.29 is 18.0 Å². The highest BCUT2D eigenvalue weighted by molar-refractivity contribution is 7.92. The van der Waals surface area contributed by atoms with Crippen LogP contribution in [-0.2, 0) is 26.2 Å². The van der Waals surface area contributed by atoms with Crippen molar-refractivity contribution in [1.29, 1.82) is 0 Å². The van der Waals surface area contributed by atoms with Crippen LogP contribution in [0.15, 0.2) is 65.6 Å². The van der Waals surface area contributed by atoms with Crippen LogP contribution in [0, 0.1) is 19.8 Å². The molecule has 2 amide bonds. The molecular weight excluding hydrogens is 617 g/mol. The smallest absolute Gasteiger partial charge is 0.264 e. The number of carbonyl (C=O) groups is 2. The molecule has 0 aromatic heterocycles. The maximum atomic E-state index is 14.2. The van der Waals surface area contributed by atoms with Crippen LogP contribution in [0.2, 0.25) is 15.1 Å². The molecule has 0 aliphatic heterocycles. The molecule has 11 heteroatoms. The monoisotopic (exact) mass is 651 g/mol. The molecule has 0 spiro atoms. The number of halogens is 3. The van der Waals surface area contributed by atoms with Gasteiger partial charge in [-0.2, -0.15) is 0 Å². The van der Waals surface area contributed by atoms with Crippen LogP contribution in [0.25, 0.3) is 0 Å². The zero-order valence-corrected chi connectivity index (χ0v) is 27.4. The Hall–Kier alpha value is -2.78. The van der Waals surface area contributed by atoms with Gasteiger partial charge in [-0.1, -0.05) is 79.3 Å². The lowest BCUT2D eigenvalue weighted by atomic mass is 10.1. The number of nitrogens with one attached hydrogen (secondary N) is 1. The molecule has 0 aliphatic carbocycles. The molecule has 42 heavy (non-hydrogen) atoms. The van der Waals surface area contributed by atoms with E-state index >= 15 is 0 Å². The molecule has 226 valence electrons. The van der Waals surface area contributed by atoms with E-state index in [4.69, 9.17) is 34.8 Å². The first-order chi connectivity index (χ1) is 19.8. The van der Waals surface area contributed by atoms with Crippen molar-refractivity contribution in [3.05, 3.63) is 92.4 Å². The van der Waals surface area contributed by atoms with Gasteiger partial charge in [-0.05, 0) is 74.2 Å². The summed E-state index contributed by atoms with van der Waals surface area (Å²) in [5.74, 6) is -0.752. The van der Waals surface area contributed by atoms with Gasteiger partial charge in [-0.3, -0.25) is 13.9 Å². The fourth-order valence-corrected chi connectivity index (χ4v) is 6.67. The molecule has 3 aromatic carbocycles. The molecule has 0 unspecified atom stereocenters. The standard InChI is InChI=1S/C31H36Cl3N3O4S/c1-6-28(31(39)35-17-20(2)3)36(18-25-26(33)8-7-9-27(25)34)30(38)19-37(29-15-12-23(32)16-22(29)5)42(40,41)24-13-10-21(4)11-14-24/h7-16,20,28H,6,17-19H2,1-5H3,(H,35,39)/t28-/m0/s1. The van der Waals surface area contributed by atoms with Crippen LogP contribution in [0.1, 0.15) is 43.9 Å². The van der Waals surface area contributed by atoms with E-state index in [1.54, 1.807) is 62.4 Å². The summed E-state index contributed by atoms with van der Waals surface area (Å²) < 4.78 is 29.2. The van der Waals surface area contributed by atoms with Crippen LogP contribution in [0.4, 0.5) is 5.69 Å². The first-order valence-electron chi connectivity index (χ1n) is 13.6. The zero-order valence-electron chi connectivity index (χ0n) is 24.3. The zero-order chi connectivity index (χ0) is 31.2. The first-order valence-corrected chi connectivity index (χ1v) is 16.2. The van der Waals surface area contributed by atoms with Crippen molar-refractivity contribution in [2.24, 2.45) is 5.92 Å². The molecule has 0 aliphatic rings. The third-order valence-electron chi connectivity index (χ3n) is 6.78. The molecule has 1 N–H and O–H groups in total. The summed E-state index contributed by atoms with van der Waals surface area (Å²) in [5, 5.41) is 3.99. The Kier molecular flexibility index (Phi) is 11.7. The van der Waals surface area contributed by atoms with Gasteiger partial charge in [0, 0.05) is 33.7 Å². The van der Waals surface area contributed by atoms with Gasteiger partial charge in [0.05, 0.1) is 10.6 Å². The van der Waals surface area contributed by atoms with Crippen molar-refractivity contribution in [1.82, 2.24) is 10.2 Å². The van der Waals surface area contributed by atoms with Gasteiger partial charge in [0.25, 0.3) is 10.0 Å². The van der Waals surface area contributed by atoms with Gasteiger partial charge in [0.2, 0.25) is 11.8 Å². The minimum atomic E-state index is -4.21. The van der Waals surface area contributed by atoms with Crippen molar-refractivity contribution >= 4 is 62.3 Å². The molecule has 3 rings (SSSR count). The molecule has 0 bridgehead atoms. The third kappa shape index (κ3) is 8.19. The number of hydrogen-bond donors (Lipinski definition) is 1. The second-order valence-electron chi connectivity index (χ2n) is 10.5. The van der Waals surface area contributed by atoms with E-state index < -0.39 is 28.5 Å². The maximum Gasteiger partial charge on any atom is 0.264 e. The molecular formula is C31H36Cl3N3O4S. The minimum Gasteiger partial charge on any atom is -0.354 e. The Morgan fingerprint density at radius 1 is 0.929 bits per heavy atom. The predicted octanol–water partition coefficient (Wildman–Crippen LogP) is 7.04. The number of hydrogen-bond acceptors (Lipinski definition) is 4. The molecule has 1 atom stereocenters. The number of aryl methyl sites for hydroxylation is 2. The van der Waals surface area contributed by atoms with Crippen molar-refractivity contribution in [2.75, 3.05) is 17.4 Å². The summed E-state index contributed by atoms with van der Waals surface area (Å²) in [7, 11) is -4.21. The summed E-state index contributed by atoms with van der Waals surface area (Å²) in [6.07, 6.45) is 0.280. The van der Waals surface area contributed by atoms with Crippen LogP contribution < -0.4 is 9.62 Å². The van der Waals surface area contributed by atoms with E-state index in [9.17, 15) is 18.0 Å². The van der Waals surface area contributed by atoms with Gasteiger partial charge in [0.1, 0.15) is 12.6 Å². The highest BCUT2D eigenvalue weighted by Gasteiger charge is 2.34. The van der Waals surface area contributed by atoms with E-state index in [1.807, 2.05) is 20.8 Å². The number of nitrogens with zero attached hydrogens (tertiary/aromatic N) is 2. The largest absolute Gasteiger partial charge is 0.354 e. The van der Waals surface area contributed by atoms with Gasteiger partial charge < -0.3 is 10.2 Å². The molecule has 0 saturated carbocycles. The van der Waals surface area contributed by atoms with E-state index in [-0.39, 0.29) is 29.7 Å². The van der Waals surface area contributed by atoms with Crippen molar-refractivity contribution in [2.45, 2.75) is 58.5 Å². The van der Waals surface area contributed by atoms with E-state index in [0.29, 0.717) is 38.4 Å². The quantitative estimate of drug-likeness (QED) is 0.227. The minimum absolute atomic E-state index is 0.0256. The average molecular weight is 653 g/mol.